The number of nitrogens with one attached hydrogen (secondary N) is 4. The van der Waals surface area contributed by atoms with Crippen LogP contribution in [0.25, 0.3) is 10.2 Å². The second-order valence-electron chi connectivity index (χ2n) is 20.3. The largest absolute Gasteiger partial charge is 0.542 e. The van der Waals surface area contributed by atoms with Crippen LogP contribution in [0, 0.1) is 42.8 Å². The van der Waals surface area contributed by atoms with Crippen molar-refractivity contribution in [2.24, 2.45) is 17.4 Å². The maximum atomic E-state index is 15.4. The zero-order chi connectivity index (χ0) is 61.3. The molecular formula is C57H64F4N12O9S2. The highest BCUT2D eigenvalue weighted by molar-refractivity contribution is 7.22. The number of fused-ring (bicyclic) bond motifs is 2. The molecule has 446 valence electrons. The number of benzene rings is 3. The SMILES string of the molecule is C#CCOCc1cc(NC(=O)C(CCCNC(N)=O)NC(=O)C(N)C(C)C)ccc1C[N+](C)(C)CC#Cc1ccc(OCCCc2sc(N3CCCc4c3nnc(Nc3nc5ccccc5s3)c4C)nc2C(=O)O)c(F)c1.O=C([O-])C(F)(F)F. The van der Waals surface area contributed by atoms with Crippen LogP contribution in [0.1, 0.15) is 82.7 Å². The average molecular weight is 1200 g/mol. The van der Waals surface area contributed by atoms with E-state index in [0.29, 0.717) is 76.3 Å². The summed E-state index contributed by atoms with van der Waals surface area (Å²) in [5.41, 5.74) is 16.7. The number of rotatable bonds is 24. The molecule has 1 aliphatic heterocycles. The van der Waals surface area contributed by atoms with E-state index < -0.39 is 53.9 Å². The Kier molecular flexibility index (Phi) is 22.9. The van der Waals surface area contributed by atoms with Gasteiger partial charge in [0, 0.05) is 45.9 Å². The van der Waals surface area contributed by atoms with Crippen LogP contribution in [0.4, 0.5) is 49.9 Å². The quantitative estimate of drug-likeness (QED) is 0.0148. The van der Waals surface area contributed by atoms with E-state index in [1.54, 1.807) is 18.2 Å². The van der Waals surface area contributed by atoms with E-state index in [1.807, 2.05) is 70.1 Å². The Morgan fingerprint density at radius 2 is 1.75 bits per heavy atom. The number of aryl methyl sites for hydroxylation is 1. The molecule has 3 aromatic carbocycles. The van der Waals surface area contributed by atoms with Gasteiger partial charge in [-0.3, -0.25) is 9.59 Å². The molecule has 2 atom stereocenters. The Balaban J connectivity index is 0.00000152. The monoisotopic (exact) mass is 1200 g/mol. The molecule has 4 heterocycles. The molecule has 9 N–H and O–H groups in total. The number of terminal acetylenes is 1. The molecule has 84 heavy (non-hydrogen) atoms. The van der Waals surface area contributed by atoms with Crippen molar-refractivity contribution in [3.8, 4) is 29.9 Å². The van der Waals surface area contributed by atoms with Gasteiger partial charge in [0.05, 0.1) is 43.6 Å². The van der Waals surface area contributed by atoms with Gasteiger partial charge in [-0.05, 0) is 105 Å². The number of aliphatic carboxylic acids is 1. The summed E-state index contributed by atoms with van der Waals surface area (Å²) in [4.78, 5) is 70.6. The highest BCUT2D eigenvalue weighted by Gasteiger charge is 2.31. The van der Waals surface area contributed by atoms with Crippen LogP contribution in [-0.2, 0) is 45.1 Å². The van der Waals surface area contributed by atoms with Crippen LogP contribution in [-0.4, -0.2) is 125 Å². The minimum absolute atomic E-state index is 0.0350. The van der Waals surface area contributed by atoms with Crippen molar-refractivity contribution in [2.75, 3.05) is 62.5 Å². The highest BCUT2D eigenvalue weighted by Crippen LogP contribution is 2.39. The molecule has 0 saturated heterocycles. The summed E-state index contributed by atoms with van der Waals surface area (Å²) in [6.07, 6.45) is 3.21. The number of amides is 4. The van der Waals surface area contributed by atoms with Crippen molar-refractivity contribution in [2.45, 2.75) is 90.7 Å². The molecule has 4 amide bonds. The number of carbonyl (C=O) groups is 5. The number of quaternary nitrogens is 1. The van der Waals surface area contributed by atoms with Crippen LogP contribution in [0.15, 0.2) is 60.7 Å². The van der Waals surface area contributed by atoms with E-state index in [4.69, 9.17) is 37.3 Å². The maximum Gasteiger partial charge on any atom is 0.430 e. The minimum atomic E-state index is -5.19. The summed E-state index contributed by atoms with van der Waals surface area (Å²) >= 11 is 2.83. The van der Waals surface area contributed by atoms with E-state index in [2.05, 4.69) is 59.2 Å². The van der Waals surface area contributed by atoms with Gasteiger partial charge >= 0.3 is 18.2 Å². The number of aromatic nitrogens is 4. The van der Waals surface area contributed by atoms with Gasteiger partial charge in [-0.15, -0.1) is 28.0 Å². The number of nitrogens with zero attached hydrogens (tertiary/aromatic N) is 6. The fraction of sp³-hybridized carbons (Fsp3) is 0.386. The molecule has 0 fully saturated rings. The lowest BCUT2D eigenvalue weighted by atomic mass is 10.0. The van der Waals surface area contributed by atoms with Crippen molar-refractivity contribution >= 4 is 90.3 Å². The number of urea groups is 1. The molecule has 2 unspecified atom stereocenters. The summed E-state index contributed by atoms with van der Waals surface area (Å²) in [6, 6.07) is 15.4. The third-order valence-electron chi connectivity index (χ3n) is 12.9. The van der Waals surface area contributed by atoms with Crippen molar-refractivity contribution < 1.29 is 65.7 Å². The number of primary amides is 1. The second kappa shape index (κ2) is 29.7. The molecule has 6 aromatic rings. The number of hydrogen-bond acceptors (Lipinski definition) is 17. The molecule has 0 spiro atoms. The van der Waals surface area contributed by atoms with Crippen molar-refractivity contribution in [3.05, 3.63) is 105 Å². The third kappa shape index (κ3) is 18.5. The Labute approximate surface area is 490 Å². The molecule has 27 heteroatoms. The van der Waals surface area contributed by atoms with Gasteiger partial charge in [-0.25, -0.2) is 23.9 Å². The number of para-hydroxylation sites is 1. The van der Waals surface area contributed by atoms with Gasteiger partial charge in [-0.2, -0.15) is 13.2 Å². The first kappa shape index (κ1) is 64.7. The van der Waals surface area contributed by atoms with Crippen LogP contribution >= 0.6 is 22.7 Å². The predicted octanol–water partition coefficient (Wildman–Crippen LogP) is 6.46. The fourth-order valence-corrected chi connectivity index (χ4v) is 10.5. The van der Waals surface area contributed by atoms with Crippen molar-refractivity contribution in [1.82, 2.24) is 30.8 Å². The number of carbonyl (C=O) groups excluding carboxylic acids is 4. The first-order valence-electron chi connectivity index (χ1n) is 26.4. The van der Waals surface area contributed by atoms with Crippen LogP contribution in [0.2, 0.25) is 0 Å². The predicted molar refractivity (Wildman–Crippen MR) is 308 cm³/mol. The summed E-state index contributed by atoms with van der Waals surface area (Å²) in [6.45, 7) is 7.71. The first-order valence-corrected chi connectivity index (χ1v) is 28.0. The Bertz CT molecular complexity index is 3410. The smallest absolute Gasteiger partial charge is 0.430 e. The number of hydrogen-bond donors (Lipinski definition) is 7. The van der Waals surface area contributed by atoms with Gasteiger partial charge in [0.15, 0.2) is 39.2 Å². The topological polar surface area (TPSA) is 302 Å². The minimum Gasteiger partial charge on any atom is -0.542 e. The molecule has 0 aliphatic carbocycles. The number of anilines is 5. The molecule has 0 saturated carbocycles. The average Bonchev–Trinajstić information content (AvgIpc) is 3.19. The standard InChI is InChI=1S/C55H63FN12O7S2.C2HF3O2/c1-7-27-74-32-37-30-38(60-50(69)42(17-10-24-59-53(58)73)61-51(70)46(57)33(2)3)22-21-36(37)31-68(5,6)26-12-14-35-20-23-43(40(56)29-35)75-28-13-19-45-47(52(71)72)63-55(77-45)67-25-11-15-39-34(4)48(65-66-49(39)67)64-54-62-41-16-8-9-18-44(41)76-54;3-2(4,5)1(6)7/h1,8-9,16,18,20-23,29-30,33,42,46H,10-11,13,15,17,19,24-28,31-32,57H2,2-6H3,(H6-,58,59,60,61,62,64,65,69,70,71,72,73);(H,6,7). The van der Waals surface area contributed by atoms with Gasteiger partial charge in [-0.1, -0.05) is 55.2 Å². The number of nitrogens with two attached hydrogens (primary N) is 2. The Morgan fingerprint density at radius 1 is 1.00 bits per heavy atom. The molecule has 3 aromatic heterocycles. The van der Waals surface area contributed by atoms with E-state index in [1.165, 1.54) is 34.8 Å². The molecular weight excluding hydrogens is 1140 g/mol. The number of alkyl halides is 3. The Hall–Kier alpha value is -8.47. The summed E-state index contributed by atoms with van der Waals surface area (Å²) in [7, 11) is 4.01. The van der Waals surface area contributed by atoms with E-state index in [9.17, 15) is 37.5 Å². The van der Waals surface area contributed by atoms with E-state index in [0.717, 1.165) is 50.4 Å². The zero-order valence-corrected chi connectivity index (χ0v) is 48.3. The normalized spacial score (nSPS) is 12.8. The lowest BCUT2D eigenvalue weighted by molar-refractivity contribution is -0.896. The van der Waals surface area contributed by atoms with Crippen molar-refractivity contribution in [1.29, 1.82) is 0 Å². The van der Waals surface area contributed by atoms with Gasteiger partial charge in [0.2, 0.25) is 11.8 Å². The number of ether oxygens (including phenoxy) is 2. The van der Waals surface area contributed by atoms with E-state index >= 15 is 4.39 Å². The molecule has 0 bridgehead atoms. The molecule has 7 rings (SSSR count). The highest BCUT2D eigenvalue weighted by atomic mass is 32.1. The van der Waals surface area contributed by atoms with Gasteiger partial charge in [0.25, 0.3) is 0 Å². The lowest BCUT2D eigenvalue weighted by Gasteiger charge is -2.28. The first-order chi connectivity index (χ1) is 39.8. The van der Waals surface area contributed by atoms with Gasteiger partial charge in [0.1, 0.15) is 31.7 Å². The van der Waals surface area contributed by atoms with E-state index in [-0.39, 0.29) is 50.1 Å². The second-order valence-corrected chi connectivity index (χ2v) is 22.4. The van der Waals surface area contributed by atoms with Crippen LogP contribution in [0.3, 0.4) is 0 Å². The fourth-order valence-electron chi connectivity index (χ4n) is 8.48. The number of aromatic carboxylic acids is 1. The molecule has 21 nitrogen and oxygen atoms in total. The summed E-state index contributed by atoms with van der Waals surface area (Å²) in [5, 5.41) is 40.7. The van der Waals surface area contributed by atoms with Crippen LogP contribution < -0.4 is 47.5 Å². The van der Waals surface area contributed by atoms with Crippen molar-refractivity contribution in [3.63, 3.8) is 0 Å². The number of halogens is 4. The number of thiazole rings is 2. The summed E-state index contributed by atoms with van der Waals surface area (Å²) in [5.74, 6) is 4.22. The number of carboxylic acids is 2. The van der Waals surface area contributed by atoms with Crippen LogP contribution in [0.5, 0.6) is 5.75 Å². The number of carboxylic acid groups (broad SMARTS) is 2. The maximum absolute atomic E-state index is 15.4. The zero-order valence-electron chi connectivity index (χ0n) is 46.7. The van der Waals surface area contributed by atoms with Gasteiger partial charge < -0.3 is 66.6 Å². The Morgan fingerprint density at radius 3 is 2.43 bits per heavy atom. The molecule has 1 aliphatic rings. The lowest BCUT2D eigenvalue weighted by Crippen LogP contribution is -2.51. The molecule has 0 radical (unpaired) electrons. The third-order valence-corrected chi connectivity index (χ3v) is 15.0. The summed E-state index contributed by atoms with van der Waals surface area (Å²) < 4.78 is 60.0.